The molecule has 2 rings (SSSR count). The number of ether oxygens (including phenoxy) is 2. The van der Waals surface area contributed by atoms with Crippen molar-refractivity contribution in [3.63, 3.8) is 0 Å². The van der Waals surface area contributed by atoms with E-state index in [0.29, 0.717) is 25.0 Å². The summed E-state index contributed by atoms with van der Waals surface area (Å²) in [7, 11) is 0. The molecular formula is C24H42O4. The van der Waals surface area contributed by atoms with Gasteiger partial charge in [-0.25, -0.2) is 9.59 Å². The average Bonchev–Trinajstić information content (AvgIpc) is 2.68. The van der Waals surface area contributed by atoms with Gasteiger partial charge >= 0.3 is 11.9 Å². The highest BCUT2D eigenvalue weighted by Gasteiger charge is 2.25. The van der Waals surface area contributed by atoms with Gasteiger partial charge < -0.3 is 9.47 Å². The molecule has 0 N–H and O–H groups in total. The Hall–Kier alpha value is -1.06. The summed E-state index contributed by atoms with van der Waals surface area (Å²) in [6, 6.07) is 0. The Morgan fingerprint density at radius 2 is 1.00 bits per heavy atom. The molecule has 0 aromatic carbocycles. The van der Waals surface area contributed by atoms with Crippen LogP contribution in [0, 0.1) is 35.5 Å². The van der Waals surface area contributed by atoms with Gasteiger partial charge in [-0.05, 0) is 74.0 Å². The van der Waals surface area contributed by atoms with Crippen molar-refractivity contribution in [3.8, 4) is 0 Å². The Bertz CT molecular complexity index is 429. The first-order valence-electron chi connectivity index (χ1n) is 11.7. The Kier molecular flexibility index (Phi) is 9.81. The van der Waals surface area contributed by atoms with Crippen LogP contribution in [0.5, 0.6) is 0 Å². The highest BCUT2D eigenvalue weighted by molar-refractivity contribution is 6.29. The summed E-state index contributed by atoms with van der Waals surface area (Å²) in [6.45, 7) is 9.76. The van der Waals surface area contributed by atoms with Crippen LogP contribution in [0.25, 0.3) is 0 Å². The first kappa shape index (κ1) is 23.2. The lowest BCUT2D eigenvalue weighted by Crippen LogP contribution is -2.25. The van der Waals surface area contributed by atoms with E-state index in [0.717, 1.165) is 36.5 Å². The molecule has 4 nitrogen and oxygen atoms in total. The topological polar surface area (TPSA) is 52.6 Å². The summed E-state index contributed by atoms with van der Waals surface area (Å²) in [5.74, 6) is 2.57. The van der Waals surface area contributed by atoms with Crippen molar-refractivity contribution in [1.29, 1.82) is 0 Å². The van der Waals surface area contributed by atoms with Crippen LogP contribution in [0.2, 0.25) is 0 Å². The predicted octanol–water partition coefficient (Wildman–Crippen LogP) is 5.78. The zero-order valence-electron chi connectivity index (χ0n) is 18.6. The second kappa shape index (κ2) is 11.8. The van der Waals surface area contributed by atoms with E-state index in [2.05, 4.69) is 27.7 Å². The maximum Gasteiger partial charge on any atom is 0.417 e. The largest absolute Gasteiger partial charge is 0.457 e. The van der Waals surface area contributed by atoms with Gasteiger partial charge in [0, 0.05) is 0 Å². The lowest BCUT2D eigenvalue weighted by molar-refractivity contribution is -0.168. The van der Waals surface area contributed by atoms with Gasteiger partial charge in [0.05, 0.1) is 13.2 Å². The van der Waals surface area contributed by atoms with Gasteiger partial charge in [0.15, 0.2) is 0 Å². The SMILES string of the molecule is CC1CCC(C(C)CCOC(=O)C(=O)OCCC(C)C2CCC(C)CC2)CC1. The van der Waals surface area contributed by atoms with Crippen molar-refractivity contribution in [2.24, 2.45) is 35.5 Å². The molecule has 0 aromatic heterocycles. The number of hydrogen-bond acceptors (Lipinski definition) is 4. The van der Waals surface area contributed by atoms with E-state index in [1.807, 2.05) is 0 Å². The third-order valence-corrected chi connectivity index (χ3v) is 7.51. The quantitative estimate of drug-likeness (QED) is 0.387. The molecule has 2 saturated carbocycles. The van der Waals surface area contributed by atoms with Crippen molar-refractivity contribution in [2.45, 2.75) is 91.9 Å². The van der Waals surface area contributed by atoms with Gasteiger partial charge in [-0.2, -0.15) is 0 Å². The van der Waals surface area contributed by atoms with Crippen molar-refractivity contribution in [1.82, 2.24) is 0 Å². The van der Waals surface area contributed by atoms with Crippen molar-refractivity contribution < 1.29 is 19.1 Å². The van der Waals surface area contributed by atoms with E-state index in [4.69, 9.17) is 9.47 Å². The normalized spacial score (nSPS) is 30.3. The highest BCUT2D eigenvalue weighted by atomic mass is 16.6. The molecule has 28 heavy (non-hydrogen) atoms. The average molecular weight is 395 g/mol. The van der Waals surface area contributed by atoms with Crippen LogP contribution in [-0.2, 0) is 19.1 Å². The molecule has 0 heterocycles. The zero-order chi connectivity index (χ0) is 20.5. The third-order valence-electron chi connectivity index (χ3n) is 7.51. The Labute approximate surface area is 172 Å². The van der Waals surface area contributed by atoms with Gasteiger partial charge in [0.25, 0.3) is 0 Å². The molecule has 0 bridgehead atoms. The van der Waals surface area contributed by atoms with E-state index in [9.17, 15) is 9.59 Å². The second-order valence-electron chi connectivity index (χ2n) is 9.84. The van der Waals surface area contributed by atoms with Crippen LogP contribution in [0.15, 0.2) is 0 Å². The lowest BCUT2D eigenvalue weighted by atomic mass is 9.76. The monoisotopic (exact) mass is 394 g/mol. The predicted molar refractivity (Wildman–Crippen MR) is 112 cm³/mol. The molecule has 0 aliphatic heterocycles. The van der Waals surface area contributed by atoms with E-state index < -0.39 is 11.9 Å². The van der Waals surface area contributed by atoms with Gasteiger partial charge in [-0.3, -0.25) is 0 Å². The van der Waals surface area contributed by atoms with Crippen molar-refractivity contribution in [3.05, 3.63) is 0 Å². The number of esters is 2. The molecule has 0 amide bonds. The number of carbonyl (C=O) groups is 2. The van der Waals surface area contributed by atoms with Crippen LogP contribution < -0.4 is 0 Å². The summed E-state index contributed by atoms with van der Waals surface area (Å²) in [6.07, 6.45) is 12.0. The molecule has 0 saturated heterocycles. The van der Waals surface area contributed by atoms with Gasteiger partial charge in [0.2, 0.25) is 0 Å². The molecule has 2 fully saturated rings. The second-order valence-corrected chi connectivity index (χ2v) is 9.84. The fourth-order valence-corrected chi connectivity index (χ4v) is 4.97. The summed E-state index contributed by atoms with van der Waals surface area (Å²) < 4.78 is 10.3. The summed E-state index contributed by atoms with van der Waals surface area (Å²) >= 11 is 0. The number of carbonyl (C=O) groups excluding carboxylic acids is 2. The Balaban J connectivity index is 1.55. The molecule has 0 aromatic rings. The fraction of sp³-hybridized carbons (Fsp3) is 0.917. The highest BCUT2D eigenvalue weighted by Crippen LogP contribution is 2.35. The molecular weight excluding hydrogens is 352 g/mol. The summed E-state index contributed by atoms with van der Waals surface area (Å²) in [5.41, 5.74) is 0. The molecule has 2 aliphatic rings. The molecule has 2 unspecified atom stereocenters. The van der Waals surface area contributed by atoms with Crippen LogP contribution >= 0.6 is 0 Å². The Morgan fingerprint density at radius 3 is 1.32 bits per heavy atom. The van der Waals surface area contributed by atoms with Gasteiger partial charge in [-0.15, -0.1) is 0 Å². The minimum absolute atomic E-state index is 0.317. The van der Waals surface area contributed by atoms with E-state index in [-0.39, 0.29) is 0 Å². The molecule has 0 radical (unpaired) electrons. The van der Waals surface area contributed by atoms with Crippen molar-refractivity contribution in [2.75, 3.05) is 13.2 Å². The lowest BCUT2D eigenvalue weighted by Gasteiger charge is -2.30. The zero-order valence-corrected chi connectivity index (χ0v) is 18.6. The fourth-order valence-electron chi connectivity index (χ4n) is 4.97. The van der Waals surface area contributed by atoms with E-state index in [1.54, 1.807) is 0 Å². The van der Waals surface area contributed by atoms with Crippen LogP contribution in [0.3, 0.4) is 0 Å². The minimum Gasteiger partial charge on any atom is -0.457 e. The summed E-state index contributed by atoms with van der Waals surface area (Å²) in [4.78, 5) is 23.7. The molecule has 2 atom stereocenters. The standard InChI is InChI=1S/C24H42O4/c1-17-5-9-21(10-6-17)19(3)13-15-27-23(25)24(26)28-16-14-20(4)22-11-7-18(2)8-12-22/h17-22H,5-16H2,1-4H3. The van der Waals surface area contributed by atoms with Gasteiger partial charge in [0.1, 0.15) is 0 Å². The Morgan fingerprint density at radius 1 is 0.679 bits per heavy atom. The molecule has 0 spiro atoms. The third kappa shape index (κ3) is 7.75. The first-order valence-corrected chi connectivity index (χ1v) is 11.7. The van der Waals surface area contributed by atoms with E-state index in [1.165, 1.54) is 51.4 Å². The molecule has 2 aliphatic carbocycles. The maximum atomic E-state index is 11.9. The number of hydrogen-bond donors (Lipinski definition) is 0. The van der Waals surface area contributed by atoms with E-state index >= 15 is 0 Å². The smallest absolute Gasteiger partial charge is 0.417 e. The molecule has 162 valence electrons. The van der Waals surface area contributed by atoms with Crippen LogP contribution in [-0.4, -0.2) is 25.2 Å². The maximum absolute atomic E-state index is 11.9. The minimum atomic E-state index is -0.830. The first-order chi connectivity index (χ1) is 13.4. The molecule has 4 heteroatoms. The van der Waals surface area contributed by atoms with Crippen LogP contribution in [0.1, 0.15) is 91.9 Å². The number of rotatable bonds is 8. The van der Waals surface area contributed by atoms with Crippen molar-refractivity contribution >= 4 is 11.9 Å². The summed E-state index contributed by atoms with van der Waals surface area (Å²) in [5, 5.41) is 0. The van der Waals surface area contributed by atoms with Crippen LogP contribution in [0.4, 0.5) is 0 Å². The van der Waals surface area contributed by atoms with Gasteiger partial charge in [-0.1, -0.05) is 53.4 Å².